The van der Waals surface area contributed by atoms with E-state index in [1.165, 1.54) is 24.3 Å². The molecule has 0 saturated carbocycles. The van der Waals surface area contributed by atoms with Gasteiger partial charge in [-0.3, -0.25) is 4.79 Å². The van der Waals surface area contributed by atoms with Gasteiger partial charge in [0.2, 0.25) is 0 Å². The number of hydrogen-bond acceptors (Lipinski definition) is 2. The Morgan fingerprint density at radius 2 is 1.71 bits per heavy atom. The summed E-state index contributed by atoms with van der Waals surface area (Å²) >= 11 is 5.53. The van der Waals surface area contributed by atoms with E-state index in [4.69, 9.17) is 11.6 Å². The van der Waals surface area contributed by atoms with E-state index >= 15 is 0 Å². The Kier molecular flexibility index (Phi) is 6.26. The van der Waals surface area contributed by atoms with Crippen LogP contribution in [0.2, 0.25) is 5.02 Å². The van der Waals surface area contributed by atoms with Crippen LogP contribution in [0, 0.1) is 0 Å². The minimum absolute atomic E-state index is 0. The van der Waals surface area contributed by atoms with Crippen molar-refractivity contribution in [3.8, 4) is 0 Å². The van der Waals surface area contributed by atoms with Crippen LogP contribution in [0.15, 0.2) is 36.1 Å². The summed E-state index contributed by atoms with van der Waals surface area (Å²) in [4.78, 5) is 11.2. The standard InChI is InChI=1S/C10H6ClF3O2.Na/c11-7-3-1-6(2-4-7)8(15)5-9(16)10(12,13)14;/h1-5,16H;/q;+1/p-1. The van der Waals surface area contributed by atoms with Crippen LogP contribution in [0.4, 0.5) is 13.2 Å². The molecule has 1 aromatic carbocycles. The van der Waals surface area contributed by atoms with Crippen LogP contribution in [-0.4, -0.2) is 12.0 Å². The molecule has 0 heterocycles. The molecule has 0 saturated heterocycles. The number of alkyl halides is 3. The topological polar surface area (TPSA) is 40.1 Å². The number of allylic oxidation sites excluding steroid dienone is 2. The first-order chi connectivity index (χ1) is 7.30. The molecule has 0 N–H and O–H groups in total. The van der Waals surface area contributed by atoms with Crippen LogP contribution in [0.3, 0.4) is 0 Å². The molecule has 0 atom stereocenters. The van der Waals surface area contributed by atoms with Gasteiger partial charge < -0.3 is 5.11 Å². The van der Waals surface area contributed by atoms with Gasteiger partial charge in [-0.05, 0) is 36.1 Å². The van der Waals surface area contributed by atoms with Crippen LogP contribution in [-0.2, 0) is 0 Å². The molecule has 17 heavy (non-hydrogen) atoms. The summed E-state index contributed by atoms with van der Waals surface area (Å²) in [7, 11) is 0. The third-order valence-electron chi connectivity index (χ3n) is 1.67. The van der Waals surface area contributed by atoms with Gasteiger partial charge in [0.25, 0.3) is 0 Å². The Morgan fingerprint density at radius 1 is 1.24 bits per heavy atom. The van der Waals surface area contributed by atoms with Crippen molar-refractivity contribution in [2.75, 3.05) is 0 Å². The van der Waals surface area contributed by atoms with Gasteiger partial charge in [-0.2, -0.15) is 13.2 Å². The molecule has 0 aliphatic rings. The average molecular weight is 273 g/mol. The molecule has 0 amide bonds. The van der Waals surface area contributed by atoms with Crippen LogP contribution in [0.5, 0.6) is 0 Å². The second-order valence-corrected chi connectivity index (χ2v) is 3.31. The molecular weight excluding hydrogens is 268 g/mol. The fourth-order valence-electron chi connectivity index (χ4n) is 0.898. The number of rotatable bonds is 2. The summed E-state index contributed by atoms with van der Waals surface area (Å²) < 4.78 is 35.5. The number of ketones is 1. The molecular formula is C10H5ClF3NaO2. The van der Waals surface area contributed by atoms with E-state index in [1.807, 2.05) is 0 Å². The van der Waals surface area contributed by atoms with E-state index in [9.17, 15) is 23.1 Å². The summed E-state index contributed by atoms with van der Waals surface area (Å²) in [5.74, 6) is -3.17. The maximum atomic E-state index is 11.8. The van der Waals surface area contributed by atoms with Gasteiger partial charge >= 0.3 is 35.7 Å². The third-order valence-corrected chi connectivity index (χ3v) is 1.92. The molecule has 1 rings (SSSR count). The fraction of sp³-hybridized carbons (Fsp3) is 0.100. The zero-order valence-electron chi connectivity index (χ0n) is 8.72. The van der Waals surface area contributed by atoms with Crippen LogP contribution in [0.1, 0.15) is 10.4 Å². The monoisotopic (exact) mass is 272 g/mol. The molecule has 0 fully saturated rings. The fourth-order valence-corrected chi connectivity index (χ4v) is 1.02. The van der Waals surface area contributed by atoms with Crippen LogP contribution in [0.25, 0.3) is 0 Å². The summed E-state index contributed by atoms with van der Waals surface area (Å²) in [5.41, 5.74) is -0.0259. The molecule has 0 aromatic heterocycles. The van der Waals surface area contributed by atoms with Crippen molar-refractivity contribution >= 4 is 17.4 Å². The van der Waals surface area contributed by atoms with Crippen molar-refractivity contribution in [2.45, 2.75) is 6.18 Å². The average Bonchev–Trinajstić information content (AvgIpc) is 2.17. The maximum Gasteiger partial charge on any atom is 1.00 e. The summed E-state index contributed by atoms with van der Waals surface area (Å²) in [5, 5.41) is 10.8. The van der Waals surface area contributed by atoms with E-state index in [1.54, 1.807) is 0 Å². The van der Waals surface area contributed by atoms with Gasteiger partial charge in [0.05, 0.1) is 0 Å². The van der Waals surface area contributed by atoms with Crippen molar-refractivity contribution in [1.82, 2.24) is 0 Å². The molecule has 0 unspecified atom stereocenters. The third kappa shape index (κ3) is 5.12. The van der Waals surface area contributed by atoms with E-state index in [2.05, 4.69) is 0 Å². The minimum Gasteiger partial charge on any atom is -0.869 e. The van der Waals surface area contributed by atoms with E-state index < -0.39 is 17.7 Å². The zero-order valence-corrected chi connectivity index (χ0v) is 11.5. The number of carbonyl (C=O) groups excluding carboxylic acids is 1. The molecule has 1 aromatic rings. The normalized spacial score (nSPS) is 11.9. The second-order valence-electron chi connectivity index (χ2n) is 2.88. The first-order valence-corrected chi connectivity index (χ1v) is 4.44. The number of benzene rings is 1. The summed E-state index contributed by atoms with van der Waals surface area (Å²) in [6.45, 7) is 0. The Balaban J connectivity index is 0.00000256. The van der Waals surface area contributed by atoms with Gasteiger partial charge in [-0.25, -0.2) is 0 Å². The van der Waals surface area contributed by atoms with Crippen molar-refractivity contribution in [2.24, 2.45) is 0 Å². The molecule has 0 bridgehead atoms. The predicted molar refractivity (Wildman–Crippen MR) is 49.9 cm³/mol. The molecule has 0 spiro atoms. The van der Waals surface area contributed by atoms with Gasteiger partial charge in [0.15, 0.2) is 5.78 Å². The Labute approximate surface area is 122 Å². The van der Waals surface area contributed by atoms with E-state index in [-0.39, 0.29) is 41.2 Å². The summed E-state index contributed by atoms with van der Waals surface area (Å²) in [6, 6.07) is 5.18. The van der Waals surface area contributed by atoms with Crippen LogP contribution >= 0.6 is 11.6 Å². The maximum absolute atomic E-state index is 11.8. The number of carbonyl (C=O) groups is 1. The quantitative estimate of drug-likeness (QED) is 0.310. The Morgan fingerprint density at radius 3 is 2.12 bits per heavy atom. The zero-order chi connectivity index (χ0) is 12.3. The molecule has 0 radical (unpaired) electrons. The van der Waals surface area contributed by atoms with Crippen molar-refractivity contribution in [1.29, 1.82) is 0 Å². The predicted octanol–water partition coefficient (Wildman–Crippen LogP) is -0.667. The van der Waals surface area contributed by atoms with Gasteiger partial charge in [0.1, 0.15) is 0 Å². The minimum atomic E-state index is -5.03. The van der Waals surface area contributed by atoms with Crippen LogP contribution < -0.4 is 34.7 Å². The number of halogens is 4. The molecule has 0 aliphatic carbocycles. The van der Waals surface area contributed by atoms with Gasteiger partial charge in [-0.15, -0.1) is 0 Å². The first-order valence-electron chi connectivity index (χ1n) is 4.06. The smallest absolute Gasteiger partial charge is 0.869 e. The molecule has 86 valence electrons. The van der Waals surface area contributed by atoms with E-state index in [0.29, 0.717) is 5.02 Å². The van der Waals surface area contributed by atoms with E-state index in [0.717, 1.165) is 0 Å². The molecule has 0 aliphatic heterocycles. The Bertz CT molecular complexity index is 426. The molecule has 7 heteroatoms. The SMILES string of the molecule is O=C(C=C([O-])C(F)(F)F)c1ccc(Cl)cc1.[Na+]. The van der Waals surface area contributed by atoms with Crippen molar-refractivity contribution in [3.63, 3.8) is 0 Å². The van der Waals surface area contributed by atoms with Gasteiger partial charge in [-0.1, -0.05) is 11.6 Å². The Hall–Kier alpha value is -0.490. The van der Waals surface area contributed by atoms with Crippen molar-refractivity contribution < 1.29 is 52.6 Å². The van der Waals surface area contributed by atoms with Crippen molar-refractivity contribution in [3.05, 3.63) is 46.7 Å². The molecule has 2 nitrogen and oxygen atoms in total. The number of hydrogen-bond donors (Lipinski definition) is 0. The summed E-state index contributed by atoms with van der Waals surface area (Å²) in [6.07, 6.45) is -5.01. The second kappa shape index (κ2) is 6.44. The van der Waals surface area contributed by atoms with Gasteiger partial charge in [0, 0.05) is 10.6 Å². The largest absolute Gasteiger partial charge is 1.00 e. The first kappa shape index (κ1) is 16.5.